The fraction of sp³-hybridized carbons (Fsp3) is 0.625. The molecule has 0 radical (unpaired) electrons. The molecule has 1 fully saturated rings. The molecular weight excluding hydrogens is 616 g/mol. The fourth-order valence-electron chi connectivity index (χ4n) is 3.24. The fourth-order valence-corrected chi connectivity index (χ4v) is 4.57. The Bertz CT molecular complexity index is 1100. The van der Waals surface area contributed by atoms with Crippen molar-refractivity contribution in [2.75, 3.05) is 45.6 Å². The number of ether oxygens (including phenoxy) is 2. The molecule has 1 aliphatic heterocycles. The summed E-state index contributed by atoms with van der Waals surface area (Å²) < 4.78 is 39.4. The molecular formula is C24H38BrF2N7O5S. The van der Waals surface area contributed by atoms with Gasteiger partial charge in [0.2, 0.25) is 0 Å². The number of amides is 2. The second kappa shape index (κ2) is 14.6. The van der Waals surface area contributed by atoms with Crippen molar-refractivity contribution in [1.29, 1.82) is 0 Å². The number of rotatable bonds is 4. The summed E-state index contributed by atoms with van der Waals surface area (Å²) in [6.45, 7) is 9.41. The van der Waals surface area contributed by atoms with Crippen molar-refractivity contribution in [2.45, 2.75) is 58.7 Å². The molecule has 1 aromatic rings. The second-order valence-electron chi connectivity index (χ2n) is 10.5. The lowest BCUT2D eigenvalue weighted by molar-refractivity contribution is -0.0377. The van der Waals surface area contributed by atoms with Crippen LogP contribution in [-0.2, 0) is 9.47 Å². The first-order chi connectivity index (χ1) is 18.3. The number of halogens is 3. The van der Waals surface area contributed by atoms with E-state index in [1.165, 1.54) is 18.1 Å². The summed E-state index contributed by atoms with van der Waals surface area (Å²) >= 11 is 4.29. The van der Waals surface area contributed by atoms with Crippen LogP contribution in [0.25, 0.3) is 0 Å². The highest BCUT2D eigenvalue weighted by Gasteiger charge is 2.41. The lowest BCUT2D eigenvalue weighted by Gasteiger charge is -2.27. The molecule has 226 valence electrons. The van der Waals surface area contributed by atoms with Crippen molar-refractivity contribution in [2.24, 2.45) is 10.7 Å². The molecule has 40 heavy (non-hydrogen) atoms. The molecule has 0 unspecified atom stereocenters. The number of hydrogen-bond donors (Lipinski definition) is 3. The van der Waals surface area contributed by atoms with E-state index in [-0.39, 0.29) is 18.8 Å². The highest BCUT2D eigenvalue weighted by Crippen LogP contribution is 2.28. The number of carbonyl (C=O) groups excluding carboxylic acids is 3. The van der Waals surface area contributed by atoms with E-state index in [1.807, 2.05) is 0 Å². The van der Waals surface area contributed by atoms with Gasteiger partial charge in [-0.2, -0.15) is 0 Å². The molecule has 4 N–H and O–H groups in total. The van der Waals surface area contributed by atoms with Gasteiger partial charge in [0.25, 0.3) is 5.92 Å². The molecule has 1 aliphatic rings. The number of alkyl halides is 2. The Morgan fingerprint density at radius 1 is 1.12 bits per heavy atom. The van der Waals surface area contributed by atoms with Gasteiger partial charge in [0.15, 0.2) is 10.2 Å². The van der Waals surface area contributed by atoms with Crippen molar-refractivity contribution in [3.63, 3.8) is 0 Å². The molecule has 0 spiro atoms. The van der Waals surface area contributed by atoms with Crippen molar-refractivity contribution >= 4 is 56.6 Å². The normalized spacial score (nSPS) is 16.3. The molecule has 0 saturated carbocycles. The summed E-state index contributed by atoms with van der Waals surface area (Å²) in [7, 11) is 3.14. The number of nitrogens with zero attached hydrogens (tertiary/aromatic N) is 4. The maximum absolute atomic E-state index is 14.3. The number of anilines is 1. The van der Waals surface area contributed by atoms with Crippen LogP contribution in [-0.4, -0.2) is 96.5 Å². The van der Waals surface area contributed by atoms with Gasteiger partial charge in [0, 0.05) is 33.4 Å². The number of nitrogens with two attached hydrogens (primary N) is 1. The topological polar surface area (TPSA) is 151 Å². The van der Waals surface area contributed by atoms with E-state index in [1.54, 1.807) is 48.6 Å². The van der Waals surface area contributed by atoms with Crippen LogP contribution in [0.2, 0.25) is 0 Å². The van der Waals surface area contributed by atoms with Gasteiger partial charge in [-0.05, 0) is 57.5 Å². The van der Waals surface area contributed by atoms with Crippen LogP contribution >= 0.6 is 27.3 Å². The highest BCUT2D eigenvalue weighted by atomic mass is 79.9. The minimum atomic E-state index is -3.10. The first kappa shape index (κ1) is 35.0. The van der Waals surface area contributed by atoms with Gasteiger partial charge in [-0.15, -0.1) is 0 Å². The number of aliphatic imine (C=N–C) groups is 1. The average molecular weight is 655 g/mol. The number of thiazole rings is 1. The molecule has 2 amide bonds. The molecule has 1 saturated heterocycles. The quantitative estimate of drug-likeness (QED) is 0.245. The Labute approximate surface area is 245 Å². The monoisotopic (exact) mass is 653 g/mol. The number of aldehydes is 1. The molecule has 2 rings (SSSR count). The summed E-state index contributed by atoms with van der Waals surface area (Å²) in [5.41, 5.74) is 4.82. The number of nitrogens with one attached hydrogen (secondary N) is 2. The van der Waals surface area contributed by atoms with Crippen LogP contribution in [0.4, 0.5) is 23.4 Å². The first-order valence-corrected chi connectivity index (χ1v) is 13.7. The third-order valence-corrected chi connectivity index (χ3v) is 6.12. The maximum atomic E-state index is 14.3. The van der Waals surface area contributed by atoms with E-state index in [2.05, 4.69) is 36.5 Å². The number of hydrogen-bond acceptors (Lipinski definition) is 10. The molecule has 0 bridgehead atoms. The average Bonchev–Trinajstić information content (AvgIpc) is 3.06. The van der Waals surface area contributed by atoms with Crippen molar-refractivity contribution in [3.05, 3.63) is 21.5 Å². The first-order valence-electron chi connectivity index (χ1n) is 12.1. The smallest absolute Gasteiger partial charge is 0.412 e. The van der Waals surface area contributed by atoms with Crippen LogP contribution in [0.3, 0.4) is 0 Å². The van der Waals surface area contributed by atoms with Gasteiger partial charge in [0.05, 0.1) is 18.8 Å². The number of amidine groups is 1. The highest BCUT2D eigenvalue weighted by molar-refractivity contribution is 9.11. The standard InChI is InChI=1S/C15H27F2N5O2.C9H11BrN2O3S/c1-14(2,3)24-13(23)22-7-6-21(9-15(16,17)10-22)12(20-5)11(8-18)19-4;1-9(2,3)15-8(14)12-6-5(4-13)11-7(10)16-6/h8,19H,6-7,9-10,18H2,1-5H3;4H,1-3H3,(H,12,14)/b11-8+,20-12?;. The second-order valence-corrected chi connectivity index (χ2v) is 12.8. The predicted octanol–water partition coefficient (Wildman–Crippen LogP) is 4.29. The van der Waals surface area contributed by atoms with Gasteiger partial charge in [-0.25, -0.2) is 23.4 Å². The minimum absolute atomic E-state index is 0.102. The van der Waals surface area contributed by atoms with Crippen molar-refractivity contribution < 1.29 is 32.6 Å². The van der Waals surface area contributed by atoms with Crippen molar-refractivity contribution in [3.8, 4) is 0 Å². The number of carbonyl (C=O) groups is 3. The number of likely N-dealkylation sites (N-methyl/N-ethyl adjacent to an activating group) is 1. The molecule has 0 aliphatic carbocycles. The van der Waals surface area contributed by atoms with Gasteiger partial charge in [0.1, 0.15) is 27.7 Å². The third kappa shape index (κ3) is 12.0. The van der Waals surface area contributed by atoms with E-state index < -0.39 is 42.4 Å². The zero-order chi connectivity index (χ0) is 30.9. The molecule has 1 aromatic heterocycles. The zero-order valence-electron chi connectivity index (χ0n) is 23.9. The van der Waals surface area contributed by atoms with Gasteiger partial charge in [-0.3, -0.25) is 15.1 Å². The van der Waals surface area contributed by atoms with E-state index in [0.29, 0.717) is 26.7 Å². The lowest BCUT2D eigenvalue weighted by Crippen LogP contribution is -2.45. The van der Waals surface area contributed by atoms with Crippen LogP contribution < -0.4 is 16.4 Å². The Morgan fingerprint density at radius 3 is 2.15 bits per heavy atom. The summed E-state index contributed by atoms with van der Waals surface area (Å²) in [5, 5.41) is 5.67. The van der Waals surface area contributed by atoms with Gasteiger partial charge in [-0.1, -0.05) is 11.3 Å². The molecule has 12 nitrogen and oxygen atoms in total. The van der Waals surface area contributed by atoms with Crippen LogP contribution in [0.5, 0.6) is 0 Å². The van der Waals surface area contributed by atoms with E-state index in [0.717, 1.165) is 16.2 Å². The Morgan fingerprint density at radius 2 is 1.68 bits per heavy atom. The maximum Gasteiger partial charge on any atom is 0.412 e. The molecule has 16 heteroatoms. The van der Waals surface area contributed by atoms with Crippen molar-refractivity contribution in [1.82, 2.24) is 20.1 Å². The largest absolute Gasteiger partial charge is 0.444 e. The van der Waals surface area contributed by atoms with E-state index >= 15 is 0 Å². The molecule has 0 aromatic carbocycles. The van der Waals surface area contributed by atoms with Gasteiger partial charge >= 0.3 is 12.2 Å². The zero-order valence-corrected chi connectivity index (χ0v) is 26.3. The summed E-state index contributed by atoms with van der Waals surface area (Å²) in [5.74, 6) is -2.78. The minimum Gasteiger partial charge on any atom is -0.444 e. The summed E-state index contributed by atoms with van der Waals surface area (Å²) in [4.78, 5) is 44.6. The predicted molar refractivity (Wildman–Crippen MR) is 154 cm³/mol. The van der Waals surface area contributed by atoms with E-state index in [9.17, 15) is 23.2 Å². The van der Waals surface area contributed by atoms with Gasteiger partial charge < -0.3 is 30.3 Å². The summed E-state index contributed by atoms with van der Waals surface area (Å²) in [6, 6.07) is 0. The number of aromatic nitrogens is 1. The Kier molecular flexibility index (Phi) is 12.8. The third-order valence-electron chi connectivity index (χ3n) is 4.68. The van der Waals surface area contributed by atoms with Crippen LogP contribution in [0, 0.1) is 0 Å². The summed E-state index contributed by atoms with van der Waals surface area (Å²) in [6.07, 6.45) is 0.499. The van der Waals surface area contributed by atoms with Crippen LogP contribution in [0.1, 0.15) is 52.0 Å². The van der Waals surface area contributed by atoms with E-state index in [4.69, 9.17) is 15.2 Å². The molecule has 0 atom stereocenters. The molecule has 2 heterocycles. The Hall–Kier alpha value is -3.01. The SMILES string of the molecule is CC(C)(C)OC(=O)Nc1sc(Br)nc1C=O.CN=C(/C(=C\N)NC)N1CCN(C(=O)OC(C)(C)C)CC(F)(F)C1. The van der Waals surface area contributed by atoms with Crippen LogP contribution in [0.15, 0.2) is 20.8 Å². The lowest BCUT2D eigenvalue weighted by atomic mass is 10.2. The Balaban J connectivity index is 0.000000433.